The average molecular weight is 604 g/mol. The molecule has 1 aliphatic heterocycles. The second-order valence-corrected chi connectivity index (χ2v) is 12.3. The third-order valence-electron chi connectivity index (χ3n) is 7.98. The third-order valence-corrected chi connectivity index (χ3v) is 8.58. The van der Waals surface area contributed by atoms with E-state index in [4.69, 9.17) is 24.4 Å². The lowest BCUT2D eigenvalue weighted by Gasteiger charge is -2.31. The van der Waals surface area contributed by atoms with Crippen LogP contribution in [0.3, 0.4) is 0 Å². The van der Waals surface area contributed by atoms with Crippen molar-refractivity contribution in [2.45, 2.75) is 112 Å². The molecule has 0 bridgehead atoms. The van der Waals surface area contributed by atoms with E-state index in [9.17, 15) is 0 Å². The summed E-state index contributed by atoms with van der Waals surface area (Å²) in [6.07, 6.45) is 16.1. The minimum absolute atomic E-state index is 0.126. The molecule has 39 heavy (non-hydrogen) atoms. The minimum atomic E-state index is 0.126. The lowest BCUT2D eigenvalue weighted by molar-refractivity contribution is 0.125. The summed E-state index contributed by atoms with van der Waals surface area (Å²) in [6.45, 7) is 17.1. The molecule has 1 aromatic heterocycles. The molecule has 6 nitrogen and oxygen atoms in total. The first-order chi connectivity index (χ1) is 18.9. The number of aromatic nitrogens is 2. The van der Waals surface area contributed by atoms with Crippen LogP contribution in [0.15, 0.2) is 15.6 Å². The Labute approximate surface area is 245 Å². The molecule has 0 radical (unpaired) electrons. The fourth-order valence-corrected chi connectivity index (χ4v) is 5.84. The summed E-state index contributed by atoms with van der Waals surface area (Å²) in [7, 11) is 0. The fraction of sp³-hybridized carbons (Fsp3) is 0.719. The maximum absolute atomic E-state index is 6.49. The van der Waals surface area contributed by atoms with Crippen LogP contribution in [0.4, 0.5) is 5.82 Å². The molecule has 0 amide bonds. The lowest BCUT2D eigenvalue weighted by atomic mass is 9.81. The smallest absolute Gasteiger partial charge is 0.318 e. The molecule has 1 aliphatic carbocycles. The van der Waals surface area contributed by atoms with Gasteiger partial charge in [-0.25, -0.2) is 0 Å². The van der Waals surface area contributed by atoms with Gasteiger partial charge in [-0.2, -0.15) is 9.97 Å². The Balaban J connectivity index is 1.99. The van der Waals surface area contributed by atoms with Crippen molar-refractivity contribution in [3.8, 4) is 6.01 Å². The quantitative estimate of drug-likeness (QED) is 0.199. The van der Waals surface area contributed by atoms with Crippen LogP contribution in [0, 0.1) is 5.41 Å². The number of fused-ring (bicyclic) bond motifs is 1. The number of hydrogen-bond donors (Lipinski definition) is 0. The second kappa shape index (κ2) is 15.9. The van der Waals surface area contributed by atoms with Gasteiger partial charge in [0.2, 0.25) is 0 Å². The Morgan fingerprint density at radius 3 is 2.59 bits per heavy atom. The van der Waals surface area contributed by atoms with Crippen molar-refractivity contribution in [2.75, 3.05) is 37.8 Å². The second-order valence-electron chi connectivity index (χ2n) is 11.5. The highest BCUT2D eigenvalue weighted by molar-refractivity contribution is 9.12. The first-order valence-electron chi connectivity index (χ1n) is 15.4. The van der Waals surface area contributed by atoms with Gasteiger partial charge in [-0.05, 0) is 61.5 Å². The van der Waals surface area contributed by atoms with Gasteiger partial charge in [-0.3, -0.25) is 4.99 Å². The van der Waals surface area contributed by atoms with Crippen LogP contribution < -0.4 is 9.64 Å². The average Bonchev–Trinajstić information content (AvgIpc) is 3.23. The van der Waals surface area contributed by atoms with Crippen molar-refractivity contribution < 1.29 is 9.47 Å². The molecule has 2 heterocycles. The van der Waals surface area contributed by atoms with Gasteiger partial charge < -0.3 is 14.4 Å². The number of allylic oxidation sites excluding steroid dienone is 3. The van der Waals surface area contributed by atoms with Gasteiger partial charge in [0.05, 0.1) is 30.2 Å². The van der Waals surface area contributed by atoms with Crippen LogP contribution in [0.25, 0.3) is 11.6 Å². The molecule has 3 rings (SSSR count). The number of unbranched alkanes of at least 4 members (excludes halogenated alkanes) is 4. The van der Waals surface area contributed by atoms with E-state index in [-0.39, 0.29) is 11.5 Å². The number of anilines is 1. The van der Waals surface area contributed by atoms with E-state index in [0.29, 0.717) is 19.2 Å². The normalized spacial score (nSPS) is 20.4. The van der Waals surface area contributed by atoms with Gasteiger partial charge in [0.15, 0.2) is 0 Å². The maximum atomic E-state index is 6.49. The first kappa shape index (κ1) is 31.8. The van der Waals surface area contributed by atoms with Gasteiger partial charge in [0.1, 0.15) is 5.82 Å². The van der Waals surface area contributed by atoms with Crippen LogP contribution in [-0.2, 0) is 4.74 Å². The van der Waals surface area contributed by atoms with E-state index >= 15 is 0 Å². The summed E-state index contributed by atoms with van der Waals surface area (Å²) < 4.78 is 13.2. The predicted octanol–water partition coefficient (Wildman–Crippen LogP) is 8.64. The molecule has 2 atom stereocenters. The zero-order valence-corrected chi connectivity index (χ0v) is 26.9. The Hall–Kier alpha value is -1.73. The number of nitrogens with zero attached hydrogens (tertiary/aromatic N) is 4. The standard InChI is InChI=1S/C32H51BrN4O2/c1-7-11-13-14-17-32(6,16-12-8-2)23-39-31-35-27-22-26(33)29(34-24(5)9-3)25(10-4)28(27)30(36-31)37-18-15-20-38-21-19-37/h10,22,24H,7-9,11-21,23H2,1-6H3/b25-10-,34-29?. The van der Waals surface area contributed by atoms with Crippen molar-refractivity contribution in [1.29, 1.82) is 0 Å². The Morgan fingerprint density at radius 2 is 1.87 bits per heavy atom. The zero-order valence-electron chi connectivity index (χ0n) is 25.3. The Kier molecular flexibility index (Phi) is 13.0. The molecule has 0 saturated carbocycles. The largest absolute Gasteiger partial charge is 0.463 e. The molecular weight excluding hydrogens is 552 g/mol. The molecular formula is C32H51BrN4O2. The fourth-order valence-electron chi connectivity index (χ4n) is 5.31. The molecule has 0 aromatic carbocycles. The van der Waals surface area contributed by atoms with Crippen LogP contribution in [0.2, 0.25) is 0 Å². The van der Waals surface area contributed by atoms with Crippen LogP contribution >= 0.6 is 15.9 Å². The van der Waals surface area contributed by atoms with Gasteiger partial charge in [-0.15, -0.1) is 0 Å². The zero-order chi connectivity index (χ0) is 28.3. The summed E-state index contributed by atoms with van der Waals surface area (Å²) in [5, 5.41) is 0. The van der Waals surface area contributed by atoms with Crippen LogP contribution in [0.5, 0.6) is 6.01 Å². The van der Waals surface area contributed by atoms with Crippen LogP contribution in [0.1, 0.15) is 117 Å². The van der Waals surface area contributed by atoms with Crippen molar-refractivity contribution in [1.82, 2.24) is 9.97 Å². The number of halogens is 1. The number of ether oxygens (including phenoxy) is 2. The first-order valence-corrected chi connectivity index (χ1v) is 16.1. The SMILES string of the molecule is C/C=C1\C(=NC(C)CC)C(Br)=Cc2nc(OCC(C)(CCCC)CCCCCC)nc(N3CCCOCC3)c21. The molecule has 2 aliphatic rings. The number of hydrogen-bond acceptors (Lipinski definition) is 6. The van der Waals surface area contributed by atoms with E-state index < -0.39 is 0 Å². The van der Waals surface area contributed by atoms with Gasteiger partial charge in [-0.1, -0.05) is 72.3 Å². The van der Waals surface area contributed by atoms with Crippen LogP contribution in [-0.4, -0.2) is 54.6 Å². The van der Waals surface area contributed by atoms with Crippen molar-refractivity contribution in [2.24, 2.45) is 10.4 Å². The highest BCUT2D eigenvalue weighted by Gasteiger charge is 2.31. The molecule has 1 aromatic rings. The highest BCUT2D eigenvalue weighted by atomic mass is 79.9. The van der Waals surface area contributed by atoms with E-state index in [1.54, 1.807) is 0 Å². The van der Waals surface area contributed by atoms with E-state index in [1.807, 2.05) is 0 Å². The summed E-state index contributed by atoms with van der Waals surface area (Å²) in [5.74, 6) is 0.930. The Bertz CT molecular complexity index is 1010. The molecule has 1 saturated heterocycles. The summed E-state index contributed by atoms with van der Waals surface area (Å²) in [5.41, 5.74) is 4.12. The Morgan fingerprint density at radius 1 is 1.10 bits per heavy atom. The molecule has 218 valence electrons. The summed E-state index contributed by atoms with van der Waals surface area (Å²) >= 11 is 3.82. The van der Waals surface area contributed by atoms with E-state index in [2.05, 4.69) is 74.5 Å². The lowest BCUT2D eigenvalue weighted by Crippen LogP contribution is -2.30. The predicted molar refractivity (Wildman–Crippen MR) is 169 cm³/mol. The molecule has 2 unspecified atom stereocenters. The van der Waals surface area contributed by atoms with E-state index in [0.717, 1.165) is 65.4 Å². The monoisotopic (exact) mass is 602 g/mol. The van der Waals surface area contributed by atoms with Gasteiger partial charge >= 0.3 is 6.01 Å². The minimum Gasteiger partial charge on any atom is -0.463 e. The maximum Gasteiger partial charge on any atom is 0.318 e. The molecule has 0 N–H and O–H groups in total. The molecule has 1 fully saturated rings. The van der Waals surface area contributed by atoms with Crippen molar-refractivity contribution in [3.05, 3.63) is 21.8 Å². The van der Waals surface area contributed by atoms with Gasteiger partial charge in [0.25, 0.3) is 0 Å². The molecule has 7 heteroatoms. The molecule has 0 spiro atoms. The van der Waals surface area contributed by atoms with Crippen molar-refractivity contribution in [3.63, 3.8) is 0 Å². The summed E-state index contributed by atoms with van der Waals surface area (Å²) in [6, 6.07) is 0.702. The number of aliphatic imine (C=N–C) groups is 1. The van der Waals surface area contributed by atoms with E-state index in [1.165, 1.54) is 51.4 Å². The summed E-state index contributed by atoms with van der Waals surface area (Å²) in [4.78, 5) is 17.5. The third kappa shape index (κ3) is 8.88. The number of rotatable bonds is 14. The van der Waals surface area contributed by atoms with Crippen molar-refractivity contribution >= 4 is 39.1 Å². The van der Waals surface area contributed by atoms with Gasteiger partial charge in [0, 0.05) is 41.2 Å². The highest BCUT2D eigenvalue weighted by Crippen LogP contribution is 2.40. The topological polar surface area (TPSA) is 59.8 Å².